The highest BCUT2D eigenvalue weighted by Crippen LogP contribution is 2.27. The molecule has 1 aromatic rings. The number of carbonyl (C=O) groups excluding carboxylic acids is 1. The molecular weight excluding hydrogens is 272 g/mol. The minimum absolute atomic E-state index is 0.623. The number of amides is 2. The number of anilines is 1. The summed E-state index contributed by atoms with van der Waals surface area (Å²) in [5.41, 5.74) is 3.05. The third-order valence-corrected chi connectivity index (χ3v) is 3.68. The Bertz CT molecular complexity index is 542. The van der Waals surface area contributed by atoms with Crippen LogP contribution in [0.5, 0.6) is 0 Å². The number of aryl methyl sites for hydroxylation is 1. The maximum absolute atomic E-state index is 11.9. The Morgan fingerprint density at radius 1 is 1.24 bits per heavy atom. The standard InChI is InChI=1S/C15H20N2O4/c1-9(18)13(14(19)20)17-15(21)16-12-8-4-6-10-5-2-3-7-11(10)12/h4,6,8-9,13,18H,2-3,5,7H2,1H3,(H,19,20)(H2,16,17,21)/t9-,13+/m1/s1. The van der Waals surface area contributed by atoms with E-state index in [-0.39, 0.29) is 0 Å². The quantitative estimate of drug-likeness (QED) is 0.676. The monoisotopic (exact) mass is 292 g/mol. The lowest BCUT2D eigenvalue weighted by atomic mass is 9.90. The van der Waals surface area contributed by atoms with Crippen LogP contribution in [0.3, 0.4) is 0 Å². The second kappa shape index (κ2) is 6.58. The number of aliphatic hydroxyl groups is 1. The Morgan fingerprint density at radius 2 is 1.95 bits per heavy atom. The van der Waals surface area contributed by atoms with E-state index in [1.54, 1.807) is 0 Å². The van der Waals surface area contributed by atoms with Crippen molar-refractivity contribution in [2.24, 2.45) is 0 Å². The fourth-order valence-corrected chi connectivity index (χ4v) is 2.59. The van der Waals surface area contributed by atoms with Crippen molar-refractivity contribution in [3.05, 3.63) is 29.3 Å². The van der Waals surface area contributed by atoms with E-state index < -0.39 is 24.1 Å². The van der Waals surface area contributed by atoms with E-state index >= 15 is 0 Å². The maximum Gasteiger partial charge on any atom is 0.328 e. The van der Waals surface area contributed by atoms with Crippen LogP contribution in [-0.4, -0.2) is 34.4 Å². The second-order valence-electron chi connectivity index (χ2n) is 5.31. The van der Waals surface area contributed by atoms with Crippen molar-refractivity contribution in [1.82, 2.24) is 5.32 Å². The number of carboxylic acid groups (broad SMARTS) is 1. The van der Waals surface area contributed by atoms with Gasteiger partial charge in [0, 0.05) is 5.69 Å². The van der Waals surface area contributed by atoms with Crippen LogP contribution in [0.2, 0.25) is 0 Å². The maximum atomic E-state index is 11.9. The number of urea groups is 1. The van der Waals surface area contributed by atoms with Crippen LogP contribution in [0.15, 0.2) is 18.2 Å². The lowest BCUT2D eigenvalue weighted by Crippen LogP contribution is -2.49. The third-order valence-electron chi connectivity index (χ3n) is 3.68. The van der Waals surface area contributed by atoms with Gasteiger partial charge in [-0.15, -0.1) is 0 Å². The molecule has 1 aromatic carbocycles. The van der Waals surface area contributed by atoms with Gasteiger partial charge in [-0.05, 0) is 49.8 Å². The Labute approximate surface area is 123 Å². The molecule has 0 saturated carbocycles. The van der Waals surface area contributed by atoms with Crippen molar-refractivity contribution in [2.75, 3.05) is 5.32 Å². The molecule has 4 N–H and O–H groups in total. The molecule has 0 fully saturated rings. The molecular formula is C15H20N2O4. The van der Waals surface area contributed by atoms with Crippen LogP contribution >= 0.6 is 0 Å². The summed E-state index contributed by atoms with van der Waals surface area (Å²) >= 11 is 0. The van der Waals surface area contributed by atoms with Crippen molar-refractivity contribution in [1.29, 1.82) is 0 Å². The molecule has 2 atom stereocenters. The zero-order valence-electron chi connectivity index (χ0n) is 11.9. The zero-order valence-corrected chi connectivity index (χ0v) is 11.9. The van der Waals surface area contributed by atoms with Crippen LogP contribution in [-0.2, 0) is 17.6 Å². The summed E-state index contributed by atoms with van der Waals surface area (Å²) in [6, 6.07) is 3.78. The van der Waals surface area contributed by atoms with E-state index in [9.17, 15) is 14.7 Å². The normalized spacial score (nSPS) is 16.5. The number of nitrogens with one attached hydrogen (secondary N) is 2. The largest absolute Gasteiger partial charge is 0.480 e. The third kappa shape index (κ3) is 3.72. The summed E-state index contributed by atoms with van der Waals surface area (Å²) in [7, 11) is 0. The first-order valence-electron chi connectivity index (χ1n) is 7.08. The highest BCUT2D eigenvalue weighted by atomic mass is 16.4. The van der Waals surface area contributed by atoms with Crippen molar-refractivity contribution in [2.45, 2.75) is 44.8 Å². The molecule has 0 unspecified atom stereocenters. The molecule has 0 heterocycles. The van der Waals surface area contributed by atoms with Gasteiger partial charge in [0.05, 0.1) is 6.10 Å². The molecule has 1 aliphatic carbocycles. The van der Waals surface area contributed by atoms with Gasteiger partial charge in [0.1, 0.15) is 0 Å². The fourth-order valence-electron chi connectivity index (χ4n) is 2.59. The number of aliphatic hydroxyl groups excluding tert-OH is 1. The predicted octanol–water partition coefficient (Wildman–Crippen LogP) is 1.52. The predicted molar refractivity (Wildman–Crippen MR) is 78.3 cm³/mol. The minimum Gasteiger partial charge on any atom is -0.480 e. The Kier molecular flexibility index (Phi) is 4.80. The van der Waals surface area contributed by atoms with Gasteiger partial charge in [-0.25, -0.2) is 9.59 Å². The van der Waals surface area contributed by atoms with Crippen molar-refractivity contribution < 1.29 is 19.8 Å². The number of fused-ring (bicyclic) bond motifs is 1. The molecule has 114 valence electrons. The van der Waals surface area contributed by atoms with Crippen molar-refractivity contribution >= 4 is 17.7 Å². The van der Waals surface area contributed by atoms with Crippen LogP contribution in [0.4, 0.5) is 10.5 Å². The fraction of sp³-hybridized carbons (Fsp3) is 0.467. The van der Waals surface area contributed by atoms with Crippen LogP contribution in [0.25, 0.3) is 0 Å². The molecule has 0 spiro atoms. The summed E-state index contributed by atoms with van der Waals surface area (Å²) in [6.07, 6.45) is 2.96. The topological polar surface area (TPSA) is 98.7 Å². The van der Waals surface area contributed by atoms with Gasteiger partial charge in [-0.2, -0.15) is 0 Å². The number of rotatable bonds is 4. The van der Waals surface area contributed by atoms with Gasteiger partial charge >= 0.3 is 12.0 Å². The van der Waals surface area contributed by atoms with Gasteiger partial charge in [0.15, 0.2) is 6.04 Å². The minimum atomic E-state index is -1.33. The van der Waals surface area contributed by atoms with E-state index in [0.29, 0.717) is 5.69 Å². The zero-order chi connectivity index (χ0) is 15.4. The lowest BCUT2D eigenvalue weighted by Gasteiger charge is -2.21. The lowest BCUT2D eigenvalue weighted by molar-refractivity contribution is -0.141. The van der Waals surface area contributed by atoms with Gasteiger partial charge < -0.3 is 20.8 Å². The number of aliphatic carboxylic acids is 1. The van der Waals surface area contributed by atoms with Crippen LogP contribution in [0.1, 0.15) is 30.9 Å². The SMILES string of the molecule is C[C@@H](O)[C@H](NC(=O)Nc1cccc2c1CCCC2)C(=O)O. The Hall–Kier alpha value is -2.08. The first kappa shape index (κ1) is 15.3. The number of hydrogen-bond donors (Lipinski definition) is 4. The number of hydrogen-bond acceptors (Lipinski definition) is 3. The van der Waals surface area contributed by atoms with E-state index in [1.165, 1.54) is 12.5 Å². The number of carbonyl (C=O) groups is 2. The molecule has 2 rings (SSSR count). The molecule has 0 saturated heterocycles. The highest BCUT2D eigenvalue weighted by molar-refractivity contribution is 5.93. The smallest absolute Gasteiger partial charge is 0.328 e. The van der Waals surface area contributed by atoms with E-state index in [2.05, 4.69) is 10.6 Å². The van der Waals surface area contributed by atoms with Crippen LogP contribution in [0, 0.1) is 0 Å². The van der Waals surface area contributed by atoms with Crippen molar-refractivity contribution in [3.63, 3.8) is 0 Å². The summed E-state index contributed by atoms with van der Waals surface area (Å²) < 4.78 is 0. The summed E-state index contributed by atoms with van der Waals surface area (Å²) in [5, 5.41) is 23.3. The molecule has 2 amide bonds. The van der Waals surface area contributed by atoms with Gasteiger partial charge in [-0.1, -0.05) is 12.1 Å². The van der Waals surface area contributed by atoms with E-state index in [0.717, 1.165) is 31.2 Å². The summed E-state index contributed by atoms with van der Waals surface area (Å²) in [5.74, 6) is -1.27. The first-order valence-corrected chi connectivity index (χ1v) is 7.08. The van der Waals surface area contributed by atoms with Gasteiger partial charge in [0.25, 0.3) is 0 Å². The number of benzene rings is 1. The Morgan fingerprint density at radius 3 is 2.62 bits per heavy atom. The van der Waals surface area contributed by atoms with Crippen molar-refractivity contribution in [3.8, 4) is 0 Å². The van der Waals surface area contributed by atoms with E-state index in [1.807, 2.05) is 18.2 Å². The highest BCUT2D eigenvalue weighted by Gasteiger charge is 2.25. The number of carboxylic acids is 1. The van der Waals surface area contributed by atoms with Gasteiger partial charge in [-0.3, -0.25) is 0 Å². The molecule has 0 aromatic heterocycles. The average molecular weight is 292 g/mol. The molecule has 0 radical (unpaired) electrons. The summed E-state index contributed by atoms with van der Waals surface area (Å²) in [6.45, 7) is 1.32. The first-order chi connectivity index (χ1) is 9.99. The van der Waals surface area contributed by atoms with E-state index in [4.69, 9.17) is 5.11 Å². The van der Waals surface area contributed by atoms with Crippen LogP contribution < -0.4 is 10.6 Å². The molecule has 0 bridgehead atoms. The second-order valence-corrected chi connectivity index (χ2v) is 5.31. The molecule has 6 heteroatoms. The molecule has 1 aliphatic rings. The Balaban J connectivity index is 2.08. The summed E-state index contributed by atoms with van der Waals surface area (Å²) in [4.78, 5) is 22.9. The molecule has 0 aliphatic heterocycles. The molecule has 21 heavy (non-hydrogen) atoms. The average Bonchev–Trinajstić information content (AvgIpc) is 2.44. The molecule has 6 nitrogen and oxygen atoms in total. The van der Waals surface area contributed by atoms with Gasteiger partial charge in [0.2, 0.25) is 0 Å².